The molecule has 1 aliphatic rings. The van der Waals surface area contributed by atoms with Gasteiger partial charge in [0.15, 0.2) is 0 Å². The van der Waals surface area contributed by atoms with Crippen molar-refractivity contribution in [2.24, 2.45) is 0 Å². The Morgan fingerprint density at radius 2 is 2.03 bits per heavy atom. The number of fused-ring (bicyclic) bond motifs is 1. The molecule has 2 heterocycles. The summed E-state index contributed by atoms with van der Waals surface area (Å²) in [5, 5.41) is 4.04. The Balaban J connectivity index is 1.41. The Morgan fingerprint density at radius 3 is 2.86 bits per heavy atom. The molecule has 5 nitrogen and oxygen atoms in total. The van der Waals surface area contributed by atoms with E-state index in [1.54, 1.807) is 24.3 Å². The number of aryl methyl sites for hydroxylation is 2. The third-order valence-corrected chi connectivity index (χ3v) is 5.51. The smallest absolute Gasteiger partial charge is 0.255 e. The minimum atomic E-state index is -0.200. The molecule has 1 aromatic heterocycles. The number of hydrogen-bond acceptors (Lipinski definition) is 3. The van der Waals surface area contributed by atoms with Gasteiger partial charge in [-0.1, -0.05) is 41.4 Å². The van der Waals surface area contributed by atoms with Crippen LogP contribution in [0.15, 0.2) is 48.7 Å². The average Bonchev–Trinajstić information content (AvgIpc) is 3.15. The third-order valence-electron chi connectivity index (χ3n) is 4.92. The predicted octanol–water partition coefficient (Wildman–Crippen LogP) is 5.04. The summed E-state index contributed by atoms with van der Waals surface area (Å²) in [6.45, 7) is 1.63. The van der Waals surface area contributed by atoms with E-state index < -0.39 is 0 Å². The van der Waals surface area contributed by atoms with Gasteiger partial charge in [0.25, 0.3) is 5.91 Å². The Bertz CT molecular complexity index is 1010. The molecule has 0 spiro atoms. The van der Waals surface area contributed by atoms with Crippen LogP contribution in [-0.2, 0) is 26.1 Å². The highest BCUT2D eigenvalue weighted by molar-refractivity contribution is 6.35. The fourth-order valence-corrected chi connectivity index (χ4v) is 3.86. The van der Waals surface area contributed by atoms with Gasteiger partial charge in [-0.25, -0.2) is 4.98 Å². The van der Waals surface area contributed by atoms with E-state index in [9.17, 15) is 4.79 Å². The van der Waals surface area contributed by atoms with Crippen LogP contribution in [0.3, 0.4) is 0 Å². The van der Waals surface area contributed by atoms with Crippen LogP contribution >= 0.6 is 23.2 Å². The second-order valence-electron chi connectivity index (χ2n) is 7.00. The first kappa shape index (κ1) is 19.8. The number of benzene rings is 2. The van der Waals surface area contributed by atoms with Crippen LogP contribution in [-0.4, -0.2) is 15.5 Å². The number of nitrogens with zero attached hydrogens (tertiary/aromatic N) is 2. The van der Waals surface area contributed by atoms with Gasteiger partial charge in [0.1, 0.15) is 18.2 Å². The summed E-state index contributed by atoms with van der Waals surface area (Å²) in [4.78, 5) is 17.4. The molecule has 4 rings (SSSR count). The standard InChI is InChI=1S/C22H21Cl2N3O2/c23-16-9-8-15(19(24)11-16)14-29-20-6-2-1-5-18(20)22(28)25-12-17-13-27-10-4-3-7-21(27)26-17/h1-2,5-6,8-9,11,13H,3-4,7,10,12,14H2,(H,25,28). The van der Waals surface area contributed by atoms with Crippen LogP contribution < -0.4 is 10.1 Å². The van der Waals surface area contributed by atoms with E-state index in [4.69, 9.17) is 27.9 Å². The van der Waals surface area contributed by atoms with E-state index in [2.05, 4.69) is 14.9 Å². The zero-order valence-electron chi connectivity index (χ0n) is 15.8. The van der Waals surface area contributed by atoms with E-state index >= 15 is 0 Å². The summed E-state index contributed by atoms with van der Waals surface area (Å²) < 4.78 is 8.05. The van der Waals surface area contributed by atoms with E-state index in [0.29, 0.717) is 27.9 Å². The Hall–Kier alpha value is -2.50. The van der Waals surface area contributed by atoms with E-state index in [-0.39, 0.29) is 12.5 Å². The number of aromatic nitrogens is 2. The Morgan fingerprint density at radius 1 is 1.17 bits per heavy atom. The molecule has 1 aliphatic heterocycles. The lowest BCUT2D eigenvalue weighted by molar-refractivity contribution is 0.0946. The zero-order chi connectivity index (χ0) is 20.2. The van der Waals surface area contributed by atoms with Crippen molar-refractivity contribution in [1.29, 1.82) is 0 Å². The molecule has 0 bridgehead atoms. The normalized spacial score (nSPS) is 13.0. The summed E-state index contributed by atoms with van der Waals surface area (Å²) in [6.07, 6.45) is 5.38. The van der Waals surface area contributed by atoms with Crippen LogP contribution in [0.1, 0.15) is 40.3 Å². The number of carbonyl (C=O) groups is 1. The largest absolute Gasteiger partial charge is 0.488 e. The highest BCUT2D eigenvalue weighted by atomic mass is 35.5. The molecule has 0 atom stereocenters. The molecule has 2 aromatic carbocycles. The van der Waals surface area contributed by atoms with Crippen molar-refractivity contribution in [1.82, 2.24) is 14.9 Å². The molecule has 0 saturated heterocycles. The molecular formula is C22H21Cl2N3O2. The van der Waals surface area contributed by atoms with Crippen LogP contribution in [0.5, 0.6) is 5.75 Å². The van der Waals surface area contributed by atoms with Gasteiger partial charge in [-0.05, 0) is 37.1 Å². The van der Waals surface area contributed by atoms with Crippen LogP contribution in [0, 0.1) is 0 Å². The highest BCUT2D eigenvalue weighted by Gasteiger charge is 2.15. The Kier molecular flexibility index (Phi) is 6.07. The van der Waals surface area contributed by atoms with Crippen molar-refractivity contribution in [3.8, 4) is 5.75 Å². The Labute approximate surface area is 179 Å². The average molecular weight is 430 g/mol. The summed E-state index contributed by atoms with van der Waals surface area (Å²) in [5.41, 5.74) is 2.15. The van der Waals surface area contributed by atoms with Crippen molar-refractivity contribution < 1.29 is 9.53 Å². The molecule has 7 heteroatoms. The lowest BCUT2D eigenvalue weighted by Crippen LogP contribution is -2.23. The molecule has 1 amide bonds. The van der Waals surface area contributed by atoms with Crippen LogP contribution in [0.2, 0.25) is 10.0 Å². The molecule has 150 valence electrons. The second-order valence-corrected chi connectivity index (χ2v) is 7.85. The van der Waals surface area contributed by atoms with Crippen molar-refractivity contribution in [2.75, 3.05) is 0 Å². The number of nitrogens with one attached hydrogen (secondary N) is 1. The predicted molar refractivity (Wildman–Crippen MR) is 114 cm³/mol. The molecule has 0 fully saturated rings. The van der Waals surface area contributed by atoms with Crippen molar-refractivity contribution >= 4 is 29.1 Å². The number of carbonyl (C=O) groups excluding carboxylic acids is 1. The monoisotopic (exact) mass is 429 g/mol. The first-order chi connectivity index (χ1) is 14.1. The third kappa shape index (κ3) is 4.74. The highest BCUT2D eigenvalue weighted by Crippen LogP contribution is 2.24. The number of hydrogen-bond donors (Lipinski definition) is 1. The van der Waals surface area contributed by atoms with Gasteiger partial charge in [-0.15, -0.1) is 0 Å². The number of rotatable bonds is 6. The topological polar surface area (TPSA) is 56.2 Å². The first-order valence-electron chi connectivity index (χ1n) is 9.59. The summed E-state index contributed by atoms with van der Waals surface area (Å²) in [7, 11) is 0. The molecule has 1 N–H and O–H groups in total. The van der Waals surface area contributed by atoms with Crippen LogP contribution in [0.4, 0.5) is 0 Å². The molecular weight excluding hydrogens is 409 g/mol. The molecule has 29 heavy (non-hydrogen) atoms. The minimum absolute atomic E-state index is 0.200. The number of halogens is 2. The van der Waals surface area contributed by atoms with Gasteiger partial charge in [0.05, 0.1) is 17.8 Å². The van der Waals surface area contributed by atoms with Gasteiger partial charge < -0.3 is 14.6 Å². The fourth-order valence-electron chi connectivity index (χ4n) is 3.40. The van der Waals surface area contributed by atoms with Crippen molar-refractivity contribution in [3.05, 3.63) is 81.4 Å². The lowest BCUT2D eigenvalue weighted by atomic mass is 10.2. The second kappa shape index (κ2) is 8.89. The van der Waals surface area contributed by atoms with Crippen LogP contribution in [0.25, 0.3) is 0 Å². The fraction of sp³-hybridized carbons (Fsp3) is 0.273. The first-order valence-corrected chi connectivity index (χ1v) is 10.3. The molecule has 3 aromatic rings. The maximum absolute atomic E-state index is 12.7. The quantitative estimate of drug-likeness (QED) is 0.597. The van der Waals surface area contributed by atoms with E-state index in [1.807, 2.05) is 24.4 Å². The van der Waals surface area contributed by atoms with E-state index in [0.717, 1.165) is 30.0 Å². The van der Waals surface area contributed by atoms with Gasteiger partial charge in [-0.2, -0.15) is 0 Å². The van der Waals surface area contributed by atoms with Gasteiger partial charge in [0.2, 0.25) is 0 Å². The van der Waals surface area contributed by atoms with Crippen molar-refractivity contribution in [3.63, 3.8) is 0 Å². The van der Waals surface area contributed by atoms with Gasteiger partial charge >= 0.3 is 0 Å². The van der Waals surface area contributed by atoms with Crippen molar-refractivity contribution in [2.45, 2.75) is 39.0 Å². The summed E-state index contributed by atoms with van der Waals surface area (Å²) in [6, 6.07) is 12.4. The molecule has 0 radical (unpaired) electrons. The number of ether oxygens (including phenoxy) is 1. The van der Waals surface area contributed by atoms with Gasteiger partial charge in [0, 0.05) is 34.8 Å². The summed E-state index contributed by atoms with van der Waals surface area (Å²) >= 11 is 12.1. The maximum Gasteiger partial charge on any atom is 0.255 e. The summed E-state index contributed by atoms with van der Waals surface area (Å²) in [5.74, 6) is 1.40. The number of amides is 1. The lowest BCUT2D eigenvalue weighted by Gasteiger charge is -2.12. The molecule has 0 aliphatic carbocycles. The van der Waals surface area contributed by atoms with E-state index in [1.165, 1.54) is 12.8 Å². The minimum Gasteiger partial charge on any atom is -0.488 e. The number of para-hydroxylation sites is 1. The SMILES string of the molecule is O=C(NCc1cn2c(n1)CCCC2)c1ccccc1OCc1ccc(Cl)cc1Cl. The maximum atomic E-state index is 12.7. The van der Waals surface area contributed by atoms with Gasteiger partial charge in [-0.3, -0.25) is 4.79 Å². The zero-order valence-corrected chi connectivity index (χ0v) is 17.3. The number of imidazole rings is 1. The molecule has 0 saturated carbocycles. The molecule has 0 unspecified atom stereocenters.